The van der Waals surface area contributed by atoms with Crippen LogP contribution in [0.2, 0.25) is 0 Å². The number of nitrogens with one attached hydrogen (secondary N) is 1. The Morgan fingerprint density at radius 2 is 2.20 bits per heavy atom. The van der Waals surface area contributed by atoms with Crippen LogP contribution in [0.25, 0.3) is 0 Å². The lowest BCUT2D eigenvalue weighted by Crippen LogP contribution is -1.97. The van der Waals surface area contributed by atoms with Crippen LogP contribution in [0.4, 0.5) is 10.8 Å². The molecule has 1 heterocycles. The minimum atomic E-state index is 0.631. The van der Waals surface area contributed by atoms with Crippen molar-refractivity contribution in [1.29, 1.82) is 0 Å². The van der Waals surface area contributed by atoms with Crippen molar-refractivity contribution in [1.82, 2.24) is 10.2 Å². The number of nitrogens with zero attached hydrogens (tertiary/aromatic N) is 2. The molecule has 0 amide bonds. The Morgan fingerprint density at radius 1 is 1.35 bits per heavy atom. The maximum absolute atomic E-state index is 5.57. The third kappa shape index (κ3) is 4.15. The molecule has 2 rings (SSSR count). The highest BCUT2D eigenvalue weighted by Crippen LogP contribution is 2.31. The van der Waals surface area contributed by atoms with Gasteiger partial charge in [0.2, 0.25) is 5.13 Å². The first-order valence-corrected chi connectivity index (χ1v) is 7.98. The monoisotopic (exact) mass is 305 g/mol. The van der Waals surface area contributed by atoms with Gasteiger partial charge in [0.1, 0.15) is 5.75 Å². The number of rotatable bonds is 6. The number of aromatic nitrogens is 2. The topological polar surface area (TPSA) is 47.0 Å². The van der Waals surface area contributed by atoms with Crippen LogP contribution >= 0.6 is 23.1 Å². The smallest absolute Gasteiger partial charge is 0.210 e. The van der Waals surface area contributed by atoms with Crippen LogP contribution in [0, 0.1) is 11.8 Å². The fraction of sp³-hybridized carbons (Fsp3) is 0.286. The van der Waals surface area contributed by atoms with Gasteiger partial charge < -0.3 is 10.1 Å². The van der Waals surface area contributed by atoms with Crippen LogP contribution in [0.15, 0.2) is 28.6 Å². The van der Waals surface area contributed by atoms with Crippen molar-refractivity contribution in [2.45, 2.75) is 18.2 Å². The second-order valence-corrected chi connectivity index (χ2v) is 5.84. The molecule has 4 nitrogen and oxygen atoms in total. The number of thioether (sulfide) groups is 1. The number of anilines is 2. The van der Waals surface area contributed by atoms with Crippen LogP contribution in [-0.4, -0.2) is 22.6 Å². The van der Waals surface area contributed by atoms with Gasteiger partial charge in [0.25, 0.3) is 0 Å². The molecule has 2 aromatic rings. The lowest BCUT2D eigenvalue weighted by atomic mass is 10.3. The zero-order valence-electron chi connectivity index (χ0n) is 11.3. The predicted molar refractivity (Wildman–Crippen MR) is 85.0 cm³/mol. The first-order valence-electron chi connectivity index (χ1n) is 6.18. The van der Waals surface area contributed by atoms with E-state index in [-0.39, 0.29) is 0 Å². The summed E-state index contributed by atoms with van der Waals surface area (Å²) in [6.07, 6.45) is 0. The van der Waals surface area contributed by atoms with Gasteiger partial charge in [-0.1, -0.05) is 41.2 Å². The average molecular weight is 305 g/mol. The van der Waals surface area contributed by atoms with Crippen molar-refractivity contribution in [3.8, 4) is 17.6 Å². The first kappa shape index (κ1) is 14.7. The molecule has 1 N–H and O–H groups in total. The van der Waals surface area contributed by atoms with E-state index >= 15 is 0 Å². The van der Waals surface area contributed by atoms with Gasteiger partial charge in [-0.05, 0) is 26.0 Å². The van der Waals surface area contributed by atoms with Crippen LogP contribution in [0.3, 0.4) is 0 Å². The largest absolute Gasteiger partial charge is 0.492 e. The highest BCUT2D eigenvalue weighted by Gasteiger charge is 2.07. The van der Waals surface area contributed by atoms with E-state index in [0.29, 0.717) is 6.61 Å². The lowest BCUT2D eigenvalue weighted by Gasteiger charge is -2.09. The van der Waals surface area contributed by atoms with E-state index in [0.717, 1.165) is 26.7 Å². The van der Waals surface area contributed by atoms with Gasteiger partial charge >= 0.3 is 0 Å². The average Bonchev–Trinajstić information content (AvgIpc) is 2.89. The Balaban J connectivity index is 2.04. The molecular weight excluding hydrogens is 290 g/mol. The van der Waals surface area contributed by atoms with Crippen molar-refractivity contribution < 1.29 is 4.74 Å². The van der Waals surface area contributed by atoms with E-state index in [1.807, 2.05) is 38.1 Å². The number of hydrogen-bond acceptors (Lipinski definition) is 6. The molecule has 0 spiro atoms. The van der Waals surface area contributed by atoms with Crippen LogP contribution < -0.4 is 10.1 Å². The molecule has 0 bridgehead atoms. The molecule has 0 aliphatic heterocycles. The molecule has 0 fully saturated rings. The van der Waals surface area contributed by atoms with Crippen molar-refractivity contribution >= 4 is 33.9 Å². The zero-order chi connectivity index (χ0) is 14.2. The van der Waals surface area contributed by atoms with Crippen LogP contribution in [-0.2, 0) is 0 Å². The summed E-state index contributed by atoms with van der Waals surface area (Å²) in [7, 11) is 0. The van der Waals surface area contributed by atoms with E-state index < -0.39 is 0 Å². The normalized spacial score (nSPS) is 9.70. The van der Waals surface area contributed by atoms with Gasteiger partial charge in [-0.25, -0.2) is 0 Å². The Hall–Kier alpha value is -1.71. The van der Waals surface area contributed by atoms with Crippen molar-refractivity contribution in [3.05, 3.63) is 24.3 Å². The second-order valence-electron chi connectivity index (χ2n) is 3.64. The number of ether oxygens (including phenoxy) is 1. The minimum Gasteiger partial charge on any atom is -0.492 e. The highest BCUT2D eigenvalue weighted by atomic mass is 32.2. The molecule has 1 aromatic carbocycles. The van der Waals surface area contributed by atoms with Gasteiger partial charge in [-0.2, -0.15) is 0 Å². The van der Waals surface area contributed by atoms with E-state index in [1.54, 1.807) is 11.8 Å². The molecule has 6 heteroatoms. The van der Waals surface area contributed by atoms with Crippen LogP contribution in [0.5, 0.6) is 5.75 Å². The SMILES string of the molecule is CC#CCSc1nnc(Nc2ccccc2OCC)s1. The molecule has 1 aromatic heterocycles. The predicted octanol–water partition coefficient (Wildman–Crippen LogP) is 3.80. The second kappa shape index (κ2) is 7.78. The van der Waals surface area contributed by atoms with Gasteiger partial charge in [0.05, 0.1) is 18.0 Å². The molecule has 104 valence electrons. The van der Waals surface area contributed by atoms with E-state index in [9.17, 15) is 0 Å². The molecule has 0 unspecified atom stereocenters. The third-order valence-corrected chi connectivity index (χ3v) is 4.13. The Labute approximate surface area is 127 Å². The van der Waals surface area contributed by atoms with E-state index in [4.69, 9.17) is 4.74 Å². The molecule has 0 saturated heterocycles. The van der Waals surface area contributed by atoms with Crippen LogP contribution in [0.1, 0.15) is 13.8 Å². The standard InChI is InChI=1S/C14H15N3OS2/c1-3-5-10-19-14-17-16-13(20-14)15-11-8-6-7-9-12(11)18-4-2/h6-9H,4,10H2,1-2H3,(H,15,16). The maximum atomic E-state index is 5.57. The van der Waals surface area contributed by atoms with Gasteiger partial charge in [0, 0.05) is 0 Å². The molecule has 0 saturated carbocycles. The fourth-order valence-electron chi connectivity index (χ4n) is 1.46. The Bertz CT molecular complexity index is 616. The number of benzene rings is 1. The molecular formula is C14H15N3OS2. The summed E-state index contributed by atoms with van der Waals surface area (Å²) in [5, 5.41) is 12.2. The molecule has 0 aliphatic carbocycles. The van der Waals surface area contributed by atoms with Gasteiger partial charge in [-0.3, -0.25) is 0 Å². The Morgan fingerprint density at radius 3 is 3.00 bits per heavy atom. The number of para-hydroxylation sites is 2. The first-order chi connectivity index (χ1) is 9.83. The summed E-state index contributed by atoms with van der Waals surface area (Å²) in [4.78, 5) is 0. The lowest BCUT2D eigenvalue weighted by molar-refractivity contribution is 0.342. The third-order valence-electron chi connectivity index (χ3n) is 2.28. The van der Waals surface area contributed by atoms with Crippen molar-refractivity contribution in [2.24, 2.45) is 0 Å². The zero-order valence-corrected chi connectivity index (χ0v) is 13.0. The summed E-state index contributed by atoms with van der Waals surface area (Å²) in [5.41, 5.74) is 0.899. The van der Waals surface area contributed by atoms with E-state index in [1.165, 1.54) is 11.3 Å². The summed E-state index contributed by atoms with van der Waals surface area (Å²) < 4.78 is 6.47. The summed E-state index contributed by atoms with van der Waals surface area (Å²) >= 11 is 3.10. The number of hydrogen-bond donors (Lipinski definition) is 1. The Kier molecular flexibility index (Phi) is 5.71. The van der Waals surface area contributed by atoms with E-state index in [2.05, 4.69) is 27.4 Å². The molecule has 20 heavy (non-hydrogen) atoms. The van der Waals surface area contributed by atoms with Crippen molar-refractivity contribution in [2.75, 3.05) is 17.7 Å². The quantitative estimate of drug-likeness (QED) is 0.650. The minimum absolute atomic E-state index is 0.631. The highest BCUT2D eigenvalue weighted by molar-refractivity contribution is 8.01. The van der Waals surface area contributed by atoms with Gasteiger partial charge in [0.15, 0.2) is 4.34 Å². The van der Waals surface area contributed by atoms with Crippen molar-refractivity contribution in [3.63, 3.8) is 0 Å². The summed E-state index contributed by atoms with van der Waals surface area (Å²) in [6.45, 7) is 4.43. The molecule has 0 atom stereocenters. The molecule has 0 radical (unpaired) electrons. The maximum Gasteiger partial charge on any atom is 0.210 e. The van der Waals surface area contributed by atoms with Gasteiger partial charge in [-0.15, -0.1) is 16.1 Å². The molecule has 0 aliphatic rings. The fourth-order valence-corrected chi connectivity index (χ4v) is 3.03. The summed E-state index contributed by atoms with van der Waals surface area (Å²) in [5.74, 6) is 7.41. The summed E-state index contributed by atoms with van der Waals surface area (Å²) in [6, 6.07) is 7.79.